The van der Waals surface area contributed by atoms with Crippen LogP contribution in [0, 0.1) is 15.5 Å². The molecular weight excluding hydrogens is 280 g/mol. The van der Waals surface area contributed by atoms with Crippen molar-refractivity contribution in [2.45, 2.75) is 31.7 Å². The minimum absolute atomic E-state index is 0.0259. The molecule has 5 heteroatoms. The summed E-state index contributed by atoms with van der Waals surface area (Å²) in [5.74, 6) is 0.199. The van der Waals surface area contributed by atoms with E-state index in [0.717, 1.165) is 31.4 Å². The monoisotopic (exact) mass is 296 g/mol. The summed E-state index contributed by atoms with van der Waals surface area (Å²) in [6.45, 7) is 0. The molecule has 1 aromatic carbocycles. The molecule has 2 heterocycles. The Hall–Kier alpha value is -2.43. The fraction of sp³-hybridized carbons (Fsp3) is 0.353. The van der Waals surface area contributed by atoms with Crippen LogP contribution >= 0.6 is 0 Å². The van der Waals surface area contributed by atoms with Crippen LogP contribution in [0.4, 0.5) is 11.4 Å². The Kier molecular flexibility index (Phi) is 2.73. The second kappa shape index (κ2) is 4.53. The number of nitrogens with zero attached hydrogens (tertiary/aromatic N) is 2. The van der Waals surface area contributed by atoms with Gasteiger partial charge in [-0.1, -0.05) is 25.0 Å². The standard InChI is InChI=1S/C17H16N2O3/c20-16-8-11-18-13-4-3-5-14(19(21)22)12(13)6-7-15(18)17(16)9-1-2-10-17/h3-8,11,15H,1-2,9-10H2/t15-/m1/s1. The van der Waals surface area contributed by atoms with Crippen molar-refractivity contribution in [3.8, 4) is 0 Å². The van der Waals surface area contributed by atoms with Crippen LogP contribution in [0.2, 0.25) is 0 Å². The van der Waals surface area contributed by atoms with E-state index in [1.807, 2.05) is 23.1 Å². The summed E-state index contributed by atoms with van der Waals surface area (Å²) in [5.41, 5.74) is 1.19. The number of anilines is 1. The zero-order valence-electron chi connectivity index (χ0n) is 12.1. The maximum atomic E-state index is 12.5. The molecule has 5 nitrogen and oxygen atoms in total. The first-order chi connectivity index (χ1) is 10.6. The third kappa shape index (κ3) is 1.62. The summed E-state index contributed by atoms with van der Waals surface area (Å²) in [5, 5.41) is 11.2. The van der Waals surface area contributed by atoms with Gasteiger partial charge in [0, 0.05) is 12.3 Å². The van der Waals surface area contributed by atoms with Crippen LogP contribution in [0.5, 0.6) is 0 Å². The van der Waals surface area contributed by atoms with Crippen LogP contribution in [0.15, 0.2) is 36.6 Å². The molecule has 0 N–H and O–H groups in total. The van der Waals surface area contributed by atoms with Gasteiger partial charge in [-0.05, 0) is 31.1 Å². The number of hydrogen-bond donors (Lipinski definition) is 0. The van der Waals surface area contributed by atoms with Crippen molar-refractivity contribution in [2.75, 3.05) is 4.90 Å². The number of nitro groups is 1. The van der Waals surface area contributed by atoms with E-state index in [1.165, 1.54) is 6.07 Å². The predicted octanol–water partition coefficient (Wildman–Crippen LogP) is 3.45. The second-order valence-electron chi connectivity index (χ2n) is 6.22. The summed E-state index contributed by atoms with van der Waals surface area (Å²) in [6.07, 6.45) is 11.1. The van der Waals surface area contributed by atoms with Crippen LogP contribution < -0.4 is 4.90 Å². The third-order valence-corrected chi connectivity index (χ3v) is 5.22. The topological polar surface area (TPSA) is 63.5 Å². The summed E-state index contributed by atoms with van der Waals surface area (Å²) in [6, 6.07) is 5.09. The fourth-order valence-corrected chi connectivity index (χ4v) is 4.16. The maximum absolute atomic E-state index is 12.5. The van der Waals surface area contributed by atoms with Crippen molar-refractivity contribution in [1.82, 2.24) is 0 Å². The lowest BCUT2D eigenvalue weighted by atomic mass is 9.71. The Morgan fingerprint density at radius 2 is 2.00 bits per heavy atom. The summed E-state index contributed by atoms with van der Waals surface area (Å²) >= 11 is 0. The van der Waals surface area contributed by atoms with Crippen LogP contribution in [-0.4, -0.2) is 16.7 Å². The molecule has 0 radical (unpaired) electrons. The highest BCUT2D eigenvalue weighted by molar-refractivity contribution is 5.99. The van der Waals surface area contributed by atoms with E-state index in [2.05, 4.69) is 0 Å². The van der Waals surface area contributed by atoms with Gasteiger partial charge in [0.15, 0.2) is 5.78 Å². The molecule has 1 atom stereocenters. The minimum atomic E-state index is -0.354. The molecule has 2 aliphatic heterocycles. The smallest absolute Gasteiger partial charge is 0.278 e. The average molecular weight is 296 g/mol. The first-order valence-electron chi connectivity index (χ1n) is 7.60. The van der Waals surface area contributed by atoms with Crippen molar-refractivity contribution in [2.24, 2.45) is 5.41 Å². The van der Waals surface area contributed by atoms with E-state index in [-0.39, 0.29) is 27.9 Å². The predicted molar refractivity (Wildman–Crippen MR) is 83.4 cm³/mol. The van der Waals surface area contributed by atoms with Gasteiger partial charge in [-0.2, -0.15) is 0 Å². The molecule has 1 aliphatic carbocycles. The summed E-state index contributed by atoms with van der Waals surface area (Å²) < 4.78 is 0. The van der Waals surface area contributed by atoms with Crippen molar-refractivity contribution in [3.63, 3.8) is 0 Å². The normalized spacial score (nSPS) is 24.5. The maximum Gasteiger partial charge on any atom is 0.278 e. The number of allylic oxidation sites excluding steroid dienone is 1. The van der Waals surface area contributed by atoms with E-state index in [9.17, 15) is 14.9 Å². The Bertz CT molecular complexity index is 729. The molecule has 4 rings (SSSR count). The zero-order valence-corrected chi connectivity index (χ0v) is 12.1. The number of carbonyl (C=O) groups is 1. The molecule has 1 saturated carbocycles. The molecule has 3 aliphatic rings. The highest BCUT2D eigenvalue weighted by Crippen LogP contribution is 2.50. The van der Waals surface area contributed by atoms with E-state index in [4.69, 9.17) is 0 Å². The number of hydrogen-bond acceptors (Lipinski definition) is 4. The molecule has 1 fully saturated rings. The number of nitro benzene ring substituents is 1. The van der Waals surface area contributed by atoms with Crippen molar-refractivity contribution >= 4 is 23.2 Å². The number of fused-ring (bicyclic) bond motifs is 4. The molecule has 0 aromatic heterocycles. The van der Waals surface area contributed by atoms with Gasteiger partial charge in [-0.3, -0.25) is 14.9 Å². The molecule has 1 aromatic rings. The molecule has 0 amide bonds. The third-order valence-electron chi connectivity index (χ3n) is 5.22. The van der Waals surface area contributed by atoms with Crippen LogP contribution in [0.1, 0.15) is 31.2 Å². The molecule has 0 unspecified atom stereocenters. The minimum Gasteiger partial charge on any atom is -0.339 e. The highest BCUT2D eigenvalue weighted by atomic mass is 16.6. The number of benzene rings is 1. The van der Waals surface area contributed by atoms with Gasteiger partial charge in [0.05, 0.1) is 27.6 Å². The van der Waals surface area contributed by atoms with Gasteiger partial charge in [0.25, 0.3) is 5.69 Å². The van der Waals surface area contributed by atoms with E-state index < -0.39 is 0 Å². The number of ketones is 1. The van der Waals surface area contributed by atoms with Crippen LogP contribution in [-0.2, 0) is 4.79 Å². The molecule has 0 bridgehead atoms. The molecule has 1 spiro atoms. The van der Waals surface area contributed by atoms with Gasteiger partial charge in [-0.25, -0.2) is 0 Å². The van der Waals surface area contributed by atoms with E-state index >= 15 is 0 Å². The SMILES string of the molecule is O=C1C=CN2c3cccc([N+](=O)[O-])c3C=C[C@@H]2C12CCCC2. The quantitative estimate of drug-likeness (QED) is 0.588. The Morgan fingerprint density at radius 1 is 1.23 bits per heavy atom. The molecular formula is C17H16N2O3. The van der Waals surface area contributed by atoms with Crippen molar-refractivity contribution in [3.05, 3.63) is 52.2 Å². The van der Waals surface area contributed by atoms with E-state index in [1.54, 1.807) is 18.3 Å². The van der Waals surface area contributed by atoms with Crippen molar-refractivity contribution < 1.29 is 9.72 Å². The Balaban J connectivity index is 1.87. The lowest BCUT2D eigenvalue weighted by Gasteiger charge is -2.45. The number of rotatable bonds is 1. The highest BCUT2D eigenvalue weighted by Gasteiger charge is 2.50. The summed E-state index contributed by atoms with van der Waals surface area (Å²) in [4.78, 5) is 25.4. The summed E-state index contributed by atoms with van der Waals surface area (Å²) in [7, 11) is 0. The largest absolute Gasteiger partial charge is 0.339 e. The lowest BCUT2D eigenvalue weighted by molar-refractivity contribution is -0.385. The first kappa shape index (κ1) is 13.2. The van der Waals surface area contributed by atoms with Crippen molar-refractivity contribution in [1.29, 1.82) is 0 Å². The second-order valence-corrected chi connectivity index (χ2v) is 6.22. The molecule has 0 saturated heterocycles. The van der Waals surface area contributed by atoms with Gasteiger partial charge in [0.1, 0.15) is 0 Å². The average Bonchev–Trinajstić information content (AvgIpc) is 3.00. The fourth-order valence-electron chi connectivity index (χ4n) is 4.16. The van der Waals surface area contributed by atoms with E-state index in [0.29, 0.717) is 5.56 Å². The Labute approximate surface area is 128 Å². The first-order valence-corrected chi connectivity index (χ1v) is 7.60. The van der Waals surface area contributed by atoms with Gasteiger partial charge in [0.2, 0.25) is 0 Å². The zero-order chi connectivity index (χ0) is 15.3. The van der Waals surface area contributed by atoms with Crippen LogP contribution in [0.3, 0.4) is 0 Å². The van der Waals surface area contributed by atoms with Gasteiger partial charge >= 0.3 is 0 Å². The lowest BCUT2D eigenvalue weighted by Crippen LogP contribution is -2.51. The van der Waals surface area contributed by atoms with Crippen LogP contribution in [0.25, 0.3) is 6.08 Å². The number of carbonyl (C=O) groups excluding carboxylic acids is 1. The van der Waals surface area contributed by atoms with Gasteiger partial charge < -0.3 is 4.90 Å². The van der Waals surface area contributed by atoms with Gasteiger partial charge in [-0.15, -0.1) is 0 Å². The molecule has 22 heavy (non-hydrogen) atoms. The molecule has 112 valence electrons. The Morgan fingerprint density at radius 3 is 2.73 bits per heavy atom.